The SMILES string of the molecule is CN(C)c1ccc(-c2cc(=O)n(C3CCS(=O)(=O)C3)c(=S)s2)cc1. The van der Waals surface area contributed by atoms with Crippen LogP contribution < -0.4 is 10.5 Å². The monoisotopic (exact) mass is 382 g/mol. The van der Waals surface area contributed by atoms with Crippen LogP contribution in [0.25, 0.3) is 10.4 Å². The molecule has 1 fully saturated rings. The lowest BCUT2D eigenvalue weighted by Crippen LogP contribution is -2.25. The Bertz CT molecular complexity index is 942. The van der Waals surface area contributed by atoms with E-state index in [4.69, 9.17) is 12.2 Å². The van der Waals surface area contributed by atoms with Gasteiger partial charge >= 0.3 is 0 Å². The van der Waals surface area contributed by atoms with Crippen LogP contribution in [0.1, 0.15) is 12.5 Å². The molecule has 2 heterocycles. The van der Waals surface area contributed by atoms with Gasteiger partial charge in [0.25, 0.3) is 5.56 Å². The van der Waals surface area contributed by atoms with Gasteiger partial charge in [0.1, 0.15) is 0 Å². The zero-order valence-corrected chi connectivity index (χ0v) is 15.9. The van der Waals surface area contributed by atoms with Gasteiger partial charge in [0.05, 0.1) is 17.5 Å². The van der Waals surface area contributed by atoms with Crippen LogP contribution in [-0.4, -0.2) is 38.6 Å². The van der Waals surface area contributed by atoms with Gasteiger partial charge in [0.15, 0.2) is 13.8 Å². The highest BCUT2D eigenvalue weighted by Crippen LogP contribution is 2.28. The van der Waals surface area contributed by atoms with E-state index in [1.807, 2.05) is 43.3 Å². The highest BCUT2D eigenvalue weighted by Gasteiger charge is 2.30. The third-order valence-electron chi connectivity index (χ3n) is 4.13. The number of aromatic nitrogens is 1. The number of hydrogen-bond acceptors (Lipinski definition) is 6. The molecular formula is C16H18N2O3S3. The van der Waals surface area contributed by atoms with Crippen molar-refractivity contribution in [2.45, 2.75) is 12.5 Å². The fraction of sp³-hybridized carbons (Fsp3) is 0.375. The first-order valence-electron chi connectivity index (χ1n) is 7.52. The molecule has 1 atom stereocenters. The van der Waals surface area contributed by atoms with Crippen molar-refractivity contribution in [3.63, 3.8) is 0 Å². The molecule has 1 aliphatic heterocycles. The van der Waals surface area contributed by atoms with Crippen molar-refractivity contribution < 1.29 is 8.42 Å². The Kier molecular flexibility index (Phi) is 4.63. The van der Waals surface area contributed by atoms with E-state index in [1.54, 1.807) is 6.07 Å². The number of rotatable bonds is 3. The molecule has 3 rings (SSSR count). The first-order chi connectivity index (χ1) is 11.3. The Morgan fingerprint density at radius 2 is 1.92 bits per heavy atom. The van der Waals surface area contributed by atoms with Crippen molar-refractivity contribution in [3.8, 4) is 10.4 Å². The van der Waals surface area contributed by atoms with Crippen LogP contribution in [0, 0.1) is 3.95 Å². The lowest BCUT2D eigenvalue weighted by molar-refractivity contribution is 0.538. The van der Waals surface area contributed by atoms with Gasteiger partial charge in [0, 0.05) is 30.7 Å². The summed E-state index contributed by atoms with van der Waals surface area (Å²) in [5.74, 6) is 0.122. The second-order valence-electron chi connectivity index (χ2n) is 6.08. The van der Waals surface area contributed by atoms with E-state index in [2.05, 4.69) is 0 Å². The number of anilines is 1. The molecule has 8 heteroatoms. The van der Waals surface area contributed by atoms with Crippen LogP contribution in [-0.2, 0) is 9.84 Å². The lowest BCUT2D eigenvalue weighted by Gasteiger charge is -2.14. The minimum absolute atomic E-state index is 0.000144. The summed E-state index contributed by atoms with van der Waals surface area (Å²) in [7, 11) is 0.878. The van der Waals surface area contributed by atoms with Gasteiger partial charge in [-0.05, 0) is 36.3 Å². The minimum Gasteiger partial charge on any atom is -0.378 e. The van der Waals surface area contributed by atoms with Gasteiger partial charge in [-0.2, -0.15) is 0 Å². The molecule has 0 spiro atoms. The molecule has 0 amide bonds. The Hall–Kier alpha value is -1.51. The van der Waals surface area contributed by atoms with Crippen LogP contribution >= 0.6 is 23.6 Å². The van der Waals surface area contributed by atoms with Gasteiger partial charge in [-0.25, -0.2) is 8.42 Å². The van der Waals surface area contributed by atoms with E-state index in [-0.39, 0.29) is 23.1 Å². The van der Waals surface area contributed by atoms with E-state index in [9.17, 15) is 13.2 Å². The molecule has 0 saturated carbocycles. The summed E-state index contributed by atoms with van der Waals surface area (Å²) in [6.45, 7) is 0. The maximum absolute atomic E-state index is 12.5. The summed E-state index contributed by atoms with van der Waals surface area (Å²) in [4.78, 5) is 15.3. The van der Waals surface area contributed by atoms with Crippen molar-refractivity contribution in [2.75, 3.05) is 30.5 Å². The Labute approximate surface area is 150 Å². The first-order valence-corrected chi connectivity index (χ1v) is 10.6. The highest BCUT2D eigenvalue weighted by molar-refractivity contribution is 7.91. The molecule has 128 valence electrons. The molecule has 1 aromatic carbocycles. The molecule has 2 aromatic rings. The predicted molar refractivity (Wildman–Crippen MR) is 101 cm³/mol. The van der Waals surface area contributed by atoms with E-state index in [1.165, 1.54) is 15.9 Å². The first kappa shape index (κ1) is 17.3. The van der Waals surface area contributed by atoms with Crippen molar-refractivity contribution in [3.05, 3.63) is 44.6 Å². The maximum atomic E-state index is 12.5. The molecule has 0 aliphatic carbocycles. The summed E-state index contributed by atoms with van der Waals surface area (Å²) in [5, 5.41) is 0. The number of nitrogens with zero attached hydrogens (tertiary/aromatic N) is 2. The van der Waals surface area contributed by atoms with Crippen LogP contribution in [0.5, 0.6) is 0 Å². The summed E-state index contributed by atoms with van der Waals surface area (Å²) in [6.07, 6.45) is 0.454. The highest BCUT2D eigenvalue weighted by atomic mass is 32.2. The molecule has 1 saturated heterocycles. The van der Waals surface area contributed by atoms with E-state index >= 15 is 0 Å². The van der Waals surface area contributed by atoms with Crippen molar-refractivity contribution >= 4 is 39.1 Å². The zero-order chi connectivity index (χ0) is 17.5. The summed E-state index contributed by atoms with van der Waals surface area (Å²) >= 11 is 6.73. The van der Waals surface area contributed by atoms with Crippen LogP contribution in [0.4, 0.5) is 5.69 Å². The summed E-state index contributed by atoms with van der Waals surface area (Å²) in [6, 6.07) is 9.10. The summed E-state index contributed by atoms with van der Waals surface area (Å²) in [5.41, 5.74) is 1.78. The fourth-order valence-electron chi connectivity index (χ4n) is 2.82. The van der Waals surface area contributed by atoms with E-state index in [0.29, 0.717) is 10.4 Å². The molecule has 0 N–H and O–H groups in total. The van der Waals surface area contributed by atoms with Crippen molar-refractivity contribution in [1.29, 1.82) is 0 Å². The average Bonchev–Trinajstić information content (AvgIpc) is 2.86. The quantitative estimate of drug-likeness (QED) is 0.764. The van der Waals surface area contributed by atoms with Gasteiger partial charge in [-0.1, -0.05) is 12.1 Å². The predicted octanol–water partition coefficient (Wildman–Crippen LogP) is 2.73. The van der Waals surface area contributed by atoms with Gasteiger partial charge < -0.3 is 4.90 Å². The maximum Gasteiger partial charge on any atom is 0.253 e. The molecule has 5 nitrogen and oxygen atoms in total. The molecule has 1 aromatic heterocycles. The van der Waals surface area contributed by atoms with Gasteiger partial charge in [0.2, 0.25) is 0 Å². The fourth-order valence-corrected chi connectivity index (χ4v) is 5.97. The third kappa shape index (κ3) is 3.45. The standard InChI is InChI=1S/C16H18N2O3S3/c1-17(2)12-5-3-11(4-6-12)14-9-15(19)18(16(22)23-14)13-7-8-24(20,21)10-13/h3-6,9,13H,7-8,10H2,1-2H3. The van der Waals surface area contributed by atoms with E-state index in [0.717, 1.165) is 16.1 Å². The number of benzene rings is 1. The number of hydrogen-bond donors (Lipinski definition) is 0. The van der Waals surface area contributed by atoms with Crippen LogP contribution in [0.2, 0.25) is 0 Å². The average molecular weight is 383 g/mol. The molecular weight excluding hydrogens is 364 g/mol. The Balaban J connectivity index is 1.99. The molecule has 0 radical (unpaired) electrons. The van der Waals surface area contributed by atoms with Crippen LogP contribution in [0.15, 0.2) is 35.1 Å². The minimum atomic E-state index is -3.06. The molecule has 0 bridgehead atoms. The molecule has 24 heavy (non-hydrogen) atoms. The largest absolute Gasteiger partial charge is 0.378 e. The second kappa shape index (κ2) is 6.42. The zero-order valence-electron chi connectivity index (χ0n) is 13.4. The summed E-state index contributed by atoms with van der Waals surface area (Å²) < 4.78 is 25.2. The molecule has 1 unspecified atom stereocenters. The third-order valence-corrected chi connectivity index (χ3v) is 7.27. The normalized spacial score (nSPS) is 19.3. The Morgan fingerprint density at radius 3 is 2.42 bits per heavy atom. The number of sulfone groups is 1. The van der Waals surface area contributed by atoms with Crippen molar-refractivity contribution in [2.24, 2.45) is 0 Å². The van der Waals surface area contributed by atoms with Crippen molar-refractivity contribution in [1.82, 2.24) is 4.57 Å². The second-order valence-corrected chi connectivity index (χ2v) is 9.99. The Morgan fingerprint density at radius 1 is 1.25 bits per heavy atom. The van der Waals surface area contributed by atoms with Crippen LogP contribution in [0.3, 0.4) is 0 Å². The topological polar surface area (TPSA) is 59.4 Å². The van der Waals surface area contributed by atoms with Gasteiger partial charge in [-0.3, -0.25) is 9.36 Å². The van der Waals surface area contributed by atoms with Gasteiger partial charge in [-0.15, -0.1) is 11.3 Å². The van der Waals surface area contributed by atoms with E-state index < -0.39 is 9.84 Å². The smallest absolute Gasteiger partial charge is 0.253 e. The lowest BCUT2D eigenvalue weighted by atomic mass is 10.1. The molecule has 1 aliphatic rings.